The molecule has 1 atom stereocenters. The van der Waals surface area contributed by atoms with Crippen molar-refractivity contribution in [2.45, 2.75) is 12.5 Å². The van der Waals surface area contributed by atoms with Crippen LogP contribution in [0.25, 0.3) is 11.0 Å². The number of halogens is 2. The third-order valence-electron chi connectivity index (χ3n) is 3.98. The summed E-state index contributed by atoms with van der Waals surface area (Å²) < 4.78 is 19.4. The molecular formula is C17H14ClFN6O. The minimum atomic E-state index is -0.385. The second-order valence-electron chi connectivity index (χ2n) is 5.73. The highest BCUT2D eigenvalue weighted by atomic mass is 35.5. The molecular weight excluding hydrogens is 359 g/mol. The number of pyridine rings is 1. The molecule has 1 aliphatic heterocycles. The topological polar surface area (TPSA) is 98.3 Å². The maximum absolute atomic E-state index is 14.3. The van der Waals surface area contributed by atoms with Gasteiger partial charge in [0, 0.05) is 23.9 Å². The first-order valence-corrected chi connectivity index (χ1v) is 8.27. The van der Waals surface area contributed by atoms with E-state index < -0.39 is 0 Å². The zero-order chi connectivity index (χ0) is 18.1. The zero-order valence-electron chi connectivity index (χ0n) is 13.5. The van der Waals surface area contributed by atoms with Gasteiger partial charge in [0.05, 0.1) is 23.2 Å². The number of aromatic nitrogens is 3. The van der Waals surface area contributed by atoms with Crippen molar-refractivity contribution in [1.82, 2.24) is 15.0 Å². The van der Waals surface area contributed by atoms with E-state index in [0.29, 0.717) is 46.2 Å². The lowest BCUT2D eigenvalue weighted by Gasteiger charge is -2.20. The van der Waals surface area contributed by atoms with Gasteiger partial charge < -0.3 is 15.8 Å². The second kappa shape index (κ2) is 6.72. The molecule has 0 saturated heterocycles. The molecule has 4 rings (SSSR count). The molecule has 26 heavy (non-hydrogen) atoms. The number of anilines is 2. The summed E-state index contributed by atoms with van der Waals surface area (Å²) in [6, 6.07) is 6.08. The van der Waals surface area contributed by atoms with Crippen molar-refractivity contribution in [2.24, 2.45) is 10.7 Å². The van der Waals surface area contributed by atoms with Gasteiger partial charge in [-0.25, -0.2) is 24.3 Å². The summed E-state index contributed by atoms with van der Waals surface area (Å²) in [5, 5.41) is 3.64. The molecule has 0 amide bonds. The summed E-state index contributed by atoms with van der Waals surface area (Å²) >= 11 is 5.95. The van der Waals surface area contributed by atoms with Crippen LogP contribution < -0.4 is 11.1 Å². The van der Waals surface area contributed by atoms with Crippen LogP contribution in [0.3, 0.4) is 0 Å². The minimum Gasteiger partial charge on any atom is -0.465 e. The number of fused-ring (bicyclic) bond motifs is 1. The van der Waals surface area contributed by atoms with E-state index >= 15 is 0 Å². The highest BCUT2D eigenvalue weighted by molar-refractivity contribution is 6.31. The fraction of sp³-hybridized carbons (Fsp3) is 0.176. The van der Waals surface area contributed by atoms with Crippen LogP contribution in [-0.2, 0) is 4.74 Å². The first-order chi connectivity index (χ1) is 12.6. The monoisotopic (exact) mass is 372 g/mol. The number of nitrogens with one attached hydrogen (secondary N) is 1. The van der Waals surface area contributed by atoms with Gasteiger partial charge in [0.2, 0.25) is 0 Å². The molecule has 9 heteroatoms. The third kappa shape index (κ3) is 3.23. The van der Waals surface area contributed by atoms with Gasteiger partial charge in [0.15, 0.2) is 5.82 Å². The minimum absolute atomic E-state index is 0.0712. The van der Waals surface area contributed by atoms with Crippen LogP contribution in [0.4, 0.5) is 15.9 Å². The molecule has 7 nitrogen and oxygen atoms in total. The van der Waals surface area contributed by atoms with Crippen molar-refractivity contribution in [3.63, 3.8) is 0 Å². The van der Waals surface area contributed by atoms with E-state index in [4.69, 9.17) is 22.1 Å². The van der Waals surface area contributed by atoms with Gasteiger partial charge in [-0.2, -0.15) is 0 Å². The van der Waals surface area contributed by atoms with Gasteiger partial charge in [-0.1, -0.05) is 11.6 Å². The van der Waals surface area contributed by atoms with Crippen LogP contribution in [0.2, 0.25) is 5.02 Å². The largest absolute Gasteiger partial charge is 0.465 e. The lowest BCUT2D eigenvalue weighted by Crippen LogP contribution is -2.24. The fourth-order valence-electron chi connectivity index (χ4n) is 2.78. The summed E-state index contributed by atoms with van der Waals surface area (Å²) in [5.41, 5.74) is 7.87. The predicted molar refractivity (Wildman–Crippen MR) is 97.0 cm³/mol. The molecule has 0 aliphatic carbocycles. The zero-order valence-corrected chi connectivity index (χ0v) is 14.2. The first-order valence-electron chi connectivity index (χ1n) is 7.89. The van der Waals surface area contributed by atoms with Crippen molar-refractivity contribution < 1.29 is 9.13 Å². The Morgan fingerprint density at radius 3 is 2.96 bits per heavy atom. The quantitative estimate of drug-likeness (QED) is 0.731. The van der Waals surface area contributed by atoms with Crippen molar-refractivity contribution >= 4 is 40.2 Å². The van der Waals surface area contributed by atoms with E-state index in [1.165, 1.54) is 18.6 Å². The summed E-state index contributed by atoms with van der Waals surface area (Å²) in [6.45, 7) is 0.401. The van der Waals surface area contributed by atoms with E-state index in [1.54, 1.807) is 18.2 Å². The summed E-state index contributed by atoms with van der Waals surface area (Å²) in [4.78, 5) is 16.8. The molecule has 3 N–H and O–H groups in total. The van der Waals surface area contributed by atoms with Gasteiger partial charge in [-0.15, -0.1) is 0 Å². The van der Waals surface area contributed by atoms with Crippen LogP contribution in [-0.4, -0.2) is 27.6 Å². The van der Waals surface area contributed by atoms with Gasteiger partial charge >= 0.3 is 0 Å². The van der Waals surface area contributed by atoms with Crippen LogP contribution in [0.1, 0.15) is 18.0 Å². The molecule has 3 aromatic rings. The first kappa shape index (κ1) is 16.5. The number of aliphatic imine (C=N–C) groups is 1. The lowest BCUT2D eigenvalue weighted by molar-refractivity contribution is 0.255. The number of ether oxygens (including phenoxy) is 1. The van der Waals surface area contributed by atoms with Gasteiger partial charge in [0.25, 0.3) is 6.02 Å². The van der Waals surface area contributed by atoms with Crippen LogP contribution >= 0.6 is 11.6 Å². The Kier molecular flexibility index (Phi) is 4.26. The standard InChI is InChI=1S/C17H14ClFN6O/c18-9-5-14-15(21-7-9)16(23-8-22-14)24-10-1-2-12(19)11(6-10)13-3-4-26-17(20)25-13/h1-2,5-8,13H,3-4H2,(H2,20,25)(H,22,23,24). The van der Waals surface area contributed by atoms with Gasteiger partial charge in [-0.05, 0) is 24.3 Å². The Hall–Kier alpha value is -3.00. The Bertz CT molecular complexity index is 1010. The number of benzene rings is 1. The molecule has 2 aromatic heterocycles. The van der Waals surface area contributed by atoms with E-state index in [2.05, 4.69) is 25.3 Å². The molecule has 1 aliphatic rings. The Labute approximate surface area is 153 Å². The highest BCUT2D eigenvalue weighted by Crippen LogP contribution is 2.30. The molecule has 0 radical (unpaired) electrons. The molecule has 0 spiro atoms. The number of amidine groups is 1. The van der Waals surface area contributed by atoms with E-state index in [1.807, 2.05) is 0 Å². The number of hydrogen-bond donors (Lipinski definition) is 2. The molecule has 3 heterocycles. The van der Waals surface area contributed by atoms with E-state index in [-0.39, 0.29) is 17.9 Å². The van der Waals surface area contributed by atoms with Crippen molar-refractivity contribution in [1.29, 1.82) is 0 Å². The van der Waals surface area contributed by atoms with Crippen molar-refractivity contribution in [3.8, 4) is 0 Å². The maximum atomic E-state index is 14.3. The maximum Gasteiger partial charge on any atom is 0.282 e. The van der Waals surface area contributed by atoms with Crippen molar-refractivity contribution in [2.75, 3.05) is 11.9 Å². The number of nitrogens with zero attached hydrogens (tertiary/aromatic N) is 4. The summed E-state index contributed by atoms with van der Waals surface area (Å²) in [5.74, 6) is 0.149. The number of rotatable bonds is 3. The molecule has 132 valence electrons. The van der Waals surface area contributed by atoms with Crippen LogP contribution in [0, 0.1) is 5.82 Å². The van der Waals surface area contributed by atoms with E-state index in [9.17, 15) is 4.39 Å². The second-order valence-corrected chi connectivity index (χ2v) is 6.16. The number of nitrogens with two attached hydrogens (primary N) is 1. The molecule has 1 aromatic carbocycles. The summed E-state index contributed by atoms with van der Waals surface area (Å²) in [6.07, 6.45) is 3.49. The lowest BCUT2D eigenvalue weighted by atomic mass is 10.0. The molecule has 0 fully saturated rings. The third-order valence-corrected chi connectivity index (χ3v) is 4.19. The molecule has 0 bridgehead atoms. The Morgan fingerprint density at radius 1 is 1.23 bits per heavy atom. The smallest absolute Gasteiger partial charge is 0.282 e. The average Bonchev–Trinajstić information content (AvgIpc) is 2.63. The van der Waals surface area contributed by atoms with Crippen LogP contribution in [0.5, 0.6) is 0 Å². The van der Waals surface area contributed by atoms with Crippen LogP contribution in [0.15, 0.2) is 41.8 Å². The van der Waals surface area contributed by atoms with Gasteiger partial charge in [0.1, 0.15) is 17.7 Å². The normalized spacial score (nSPS) is 16.8. The molecule has 0 saturated carbocycles. The van der Waals surface area contributed by atoms with E-state index in [0.717, 1.165) is 0 Å². The SMILES string of the molecule is NC1=NC(c2cc(Nc3ncnc4cc(Cl)cnc34)ccc2F)CCO1. The molecule has 1 unspecified atom stereocenters. The fourth-order valence-corrected chi connectivity index (χ4v) is 2.93. The van der Waals surface area contributed by atoms with Gasteiger partial charge in [-0.3, -0.25) is 0 Å². The average molecular weight is 373 g/mol. The highest BCUT2D eigenvalue weighted by Gasteiger charge is 2.20. The Morgan fingerprint density at radius 2 is 2.12 bits per heavy atom. The Balaban J connectivity index is 1.69. The van der Waals surface area contributed by atoms with Crippen molar-refractivity contribution in [3.05, 3.63) is 53.2 Å². The summed E-state index contributed by atoms with van der Waals surface area (Å²) in [7, 11) is 0. The predicted octanol–water partition coefficient (Wildman–Crippen LogP) is 3.34. The number of hydrogen-bond acceptors (Lipinski definition) is 7.